The lowest BCUT2D eigenvalue weighted by Gasteiger charge is -2.16. The van der Waals surface area contributed by atoms with E-state index < -0.39 is 30.2 Å². The third-order valence-corrected chi connectivity index (χ3v) is 5.58. The molecule has 33 heavy (non-hydrogen) atoms. The predicted molar refractivity (Wildman–Crippen MR) is 120 cm³/mol. The van der Waals surface area contributed by atoms with Crippen LogP contribution in [0.25, 0.3) is 0 Å². The molecule has 1 unspecified atom stereocenters. The highest BCUT2D eigenvalue weighted by molar-refractivity contribution is 9.10. The van der Waals surface area contributed by atoms with Gasteiger partial charge < -0.3 is 18.8 Å². The maximum atomic E-state index is 12.4. The first-order valence-corrected chi connectivity index (χ1v) is 10.8. The summed E-state index contributed by atoms with van der Waals surface area (Å²) in [7, 11) is 0. The molecule has 0 radical (unpaired) electrons. The van der Waals surface area contributed by atoms with Crippen molar-refractivity contribution in [1.29, 1.82) is 0 Å². The van der Waals surface area contributed by atoms with Crippen LogP contribution >= 0.6 is 15.9 Å². The van der Waals surface area contributed by atoms with E-state index in [1.54, 1.807) is 18.2 Å². The molecule has 0 saturated carbocycles. The maximum Gasteiger partial charge on any atom is 0.379 e. The molecule has 168 valence electrons. The summed E-state index contributed by atoms with van der Waals surface area (Å²) in [4.78, 5) is 50.5. The highest BCUT2D eigenvalue weighted by Crippen LogP contribution is 2.27. The molecule has 4 rings (SSSR count). The number of esters is 2. The molecular formula is C24H18BrNO7. The molecule has 9 heteroatoms. The van der Waals surface area contributed by atoms with Crippen molar-refractivity contribution in [2.75, 3.05) is 18.1 Å². The van der Waals surface area contributed by atoms with Crippen LogP contribution in [-0.4, -0.2) is 36.8 Å². The summed E-state index contributed by atoms with van der Waals surface area (Å²) >= 11 is 3.34. The fraction of sp³-hybridized carbons (Fsp3) is 0.167. The Hall–Kier alpha value is -3.72. The summed E-state index contributed by atoms with van der Waals surface area (Å²) in [5.41, 5.74) is 0.988. The number of anilines is 1. The first-order chi connectivity index (χ1) is 15.9. The van der Waals surface area contributed by atoms with Gasteiger partial charge in [-0.2, -0.15) is 0 Å². The zero-order valence-electron chi connectivity index (χ0n) is 17.2. The molecule has 1 aliphatic rings. The van der Waals surface area contributed by atoms with E-state index in [9.17, 15) is 19.2 Å². The Morgan fingerprint density at radius 2 is 1.76 bits per heavy atom. The molecule has 0 N–H and O–H groups in total. The highest BCUT2D eigenvalue weighted by Gasteiger charge is 2.36. The van der Waals surface area contributed by atoms with Crippen molar-refractivity contribution in [2.45, 2.75) is 6.42 Å². The van der Waals surface area contributed by atoms with Crippen molar-refractivity contribution in [3.63, 3.8) is 0 Å². The molecule has 1 amide bonds. The summed E-state index contributed by atoms with van der Waals surface area (Å²) < 4.78 is 16.2. The van der Waals surface area contributed by atoms with Gasteiger partial charge in [-0.05, 0) is 60.7 Å². The summed E-state index contributed by atoms with van der Waals surface area (Å²) in [6.45, 7) is -0.253. The average molecular weight is 512 g/mol. The van der Waals surface area contributed by atoms with Crippen LogP contribution in [0.4, 0.5) is 5.69 Å². The van der Waals surface area contributed by atoms with Gasteiger partial charge >= 0.3 is 11.9 Å². The average Bonchev–Trinajstić information content (AvgIpc) is 3.49. The number of amides is 1. The number of ketones is 1. The van der Waals surface area contributed by atoms with Crippen molar-refractivity contribution in [3.05, 3.63) is 82.7 Å². The van der Waals surface area contributed by atoms with Gasteiger partial charge in [0.25, 0.3) is 0 Å². The van der Waals surface area contributed by atoms with E-state index in [4.69, 9.17) is 13.9 Å². The van der Waals surface area contributed by atoms with E-state index in [0.29, 0.717) is 11.3 Å². The van der Waals surface area contributed by atoms with Gasteiger partial charge in [0.05, 0.1) is 12.2 Å². The standard InChI is InChI=1S/C24H18BrNO7/c25-17-5-7-18(8-6-17)26-13-16(12-22(26)28)23(29)32-14-20(27)15-3-9-19(10-4-15)33-24(30)21-2-1-11-31-21/h1-11,16H,12-14H2. The minimum absolute atomic E-state index is 0.0266. The number of carbonyl (C=O) groups excluding carboxylic acids is 4. The Bertz CT molecular complexity index is 1170. The Kier molecular flexibility index (Phi) is 6.69. The Labute approximate surface area is 197 Å². The number of hydrogen-bond donors (Lipinski definition) is 0. The van der Waals surface area contributed by atoms with Crippen LogP contribution < -0.4 is 9.64 Å². The number of furan rings is 1. The van der Waals surface area contributed by atoms with Crippen molar-refractivity contribution >= 4 is 45.2 Å². The van der Waals surface area contributed by atoms with E-state index in [1.807, 2.05) is 12.1 Å². The Morgan fingerprint density at radius 1 is 1.03 bits per heavy atom. The second kappa shape index (κ2) is 9.83. The monoisotopic (exact) mass is 511 g/mol. The van der Waals surface area contributed by atoms with E-state index >= 15 is 0 Å². The quantitative estimate of drug-likeness (QED) is 0.268. The van der Waals surface area contributed by atoms with Gasteiger partial charge in [0.1, 0.15) is 5.75 Å². The van der Waals surface area contributed by atoms with Gasteiger partial charge in [-0.3, -0.25) is 14.4 Å². The molecule has 2 aromatic carbocycles. The van der Waals surface area contributed by atoms with Crippen LogP contribution in [0.15, 0.2) is 75.8 Å². The molecule has 0 spiro atoms. The van der Waals surface area contributed by atoms with Crippen molar-refractivity contribution in [3.8, 4) is 5.75 Å². The van der Waals surface area contributed by atoms with E-state index in [-0.39, 0.29) is 30.4 Å². The van der Waals surface area contributed by atoms with Crippen LogP contribution in [0, 0.1) is 5.92 Å². The second-order valence-corrected chi connectivity index (χ2v) is 8.22. The van der Waals surface area contributed by atoms with Gasteiger partial charge in [0, 0.05) is 28.7 Å². The number of carbonyl (C=O) groups is 4. The van der Waals surface area contributed by atoms with Crippen LogP contribution in [0.2, 0.25) is 0 Å². The third-order valence-electron chi connectivity index (χ3n) is 5.05. The number of hydrogen-bond acceptors (Lipinski definition) is 7. The van der Waals surface area contributed by atoms with Crippen LogP contribution in [-0.2, 0) is 14.3 Å². The van der Waals surface area contributed by atoms with Gasteiger partial charge in [0.2, 0.25) is 11.7 Å². The Balaban J connectivity index is 1.28. The minimum Gasteiger partial charge on any atom is -0.457 e. The fourth-order valence-corrected chi connectivity index (χ4v) is 3.60. The zero-order chi connectivity index (χ0) is 23.4. The van der Waals surface area contributed by atoms with Gasteiger partial charge in [-0.1, -0.05) is 15.9 Å². The summed E-state index contributed by atoms with van der Waals surface area (Å²) in [5.74, 6) is -2.19. The number of nitrogens with zero attached hydrogens (tertiary/aromatic N) is 1. The van der Waals surface area contributed by atoms with Crippen molar-refractivity contribution in [1.82, 2.24) is 0 Å². The molecule has 3 aromatic rings. The first-order valence-electron chi connectivity index (χ1n) is 10.0. The summed E-state index contributed by atoms with van der Waals surface area (Å²) in [5, 5.41) is 0. The molecule has 8 nitrogen and oxygen atoms in total. The van der Waals surface area contributed by atoms with Crippen molar-refractivity contribution in [2.24, 2.45) is 5.92 Å². The summed E-state index contributed by atoms with van der Waals surface area (Å²) in [6, 6.07) is 16.1. The van der Waals surface area contributed by atoms with Gasteiger partial charge in [-0.25, -0.2) is 4.79 Å². The third kappa shape index (κ3) is 5.38. The lowest BCUT2D eigenvalue weighted by atomic mass is 10.1. The predicted octanol–water partition coefficient (Wildman–Crippen LogP) is 4.04. The molecule has 0 aliphatic carbocycles. The van der Waals surface area contributed by atoms with Crippen LogP contribution in [0.3, 0.4) is 0 Å². The molecule has 1 saturated heterocycles. The molecular weight excluding hydrogens is 494 g/mol. The van der Waals surface area contributed by atoms with Gasteiger partial charge in [0.15, 0.2) is 12.4 Å². The second-order valence-electron chi connectivity index (χ2n) is 7.30. The molecule has 2 heterocycles. The van der Waals surface area contributed by atoms with Crippen LogP contribution in [0.5, 0.6) is 5.75 Å². The highest BCUT2D eigenvalue weighted by atomic mass is 79.9. The minimum atomic E-state index is -0.656. The number of benzene rings is 2. The van der Waals surface area contributed by atoms with E-state index in [2.05, 4.69) is 15.9 Å². The smallest absolute Gasteiger partial charge is 0.379 e. The normalized spacial score (nSPS) is 15.4. The van der Waals surface area contributed by atoms with Gasteiger partial charge in [-0.15, -0.1) is 0 Å². The summed E-state index contributed by atoms with van der Waals surface area (Å²) in [6.07, 6.45) is 1.39. The SMILES string of the molecule is O=C(COC(=O)C1CC(=O)N(c2ccc(Br)cc2)C1)c1ccc(OC(=O)c2ccco2)cc1. The molecule has 1 atom stereocenters. The van der Waals surface area contributed by atoms with Crippen molar-refractivity contribution < 1.29 is 33.1 Å². The fourth-order valence-electron chi connectivity index (χ4n) is 3.33. The molecule has 1 aliphatic heterocycles. The Morgan fingerprint density at radius 3 is 2.42 bits per heavy atom. The number of Topliss-reactive ketones (excluding diaryl/α,β-unsaturated/α-hetero) is 1. The molecule has 1 aromatic heterocycles. The van der Waals surface area contributed by atoms with E-state index in [1.165, 1.54) is 41.5 Å². The number of ether oxygens (including phenoxy) is 2. The topological polar surface area (TPSA) is 103 Å². The lowest BCUT2D eigenvalue weighted by Crippen LogP contribution is -2.27. The number of rotatable bonds is 7. The van der Waals surface area contributed by atoms with Crippen LogP contribution in [0.1, 0.15) is 27.3 Å². The largest absolute Gasteiger partial charge is 0.457 e. The van der Waals surface area contributed by atoms with E-state index in [0.717, 1.165) is 4.47 Å². The molecule has 0 bridgehead atoms. The zero-order valence-corrected chi connectivity index (χ0v) is 18.8. The lowest BCUT2D eigenvalue weighted by molar-refractivity contribution is -0.147. The first kappa shape index (κ1) is 22.5. The maximum absolute atomic E-state index is 12.4. The number of halogens is 1. The molecule has 1 fully saturated rings.